The summed E-state index contributed by atoms with van der Waals surface area (Å²) < 4.78 is 37.7. The molecule has 0 aliphatic heterocycles. The van der Waals surface area contributed by atoms with Gasteiger partial charge < -0.3 is 5.32 Å². The lowest BCUT2D eigenvalue weighted by Crippen LogP contribution is -2.06. The zero-order chi connectivity index (χ0) is 16.2. The van der Waals surface area contributed by atoms with Gasteiger partial charge in [0.05, 0.1) is 16.3 Å². The van der Waals surface area contributed by atoms with Crippen LogP contribution in [0.15, 0.2) is 24.7 Å². The van der Waals surface area contributed by atoms with Gasteiger partial charge in [-0.3, -0.25) is 4.98 Å². The first kappa shape index (κ1) is 16.5. The summed E-state index contributed by atoms with van der Waals surface area (Å²) in [6.45, 7) is 2.83. The van der Waals surface area contributed by atoms with E-state index in [0.717, 1.165) is 31.6 Å². The number of rotatable bonds is 5. The molecule has 0 saturated heterocycles. The second kappa shape index (κ2) is 6.91. The number of hydrogen-bond donors (Lipinski definition) is 1. The van der Waals surface area contributed by atoms with Gasteiger partial charge in [0.25, 0.3) is 0 Å². The zero-order valence-electron chi connectivity index (χ0n) is 11.8. The summed E-state index contributed by atoms with van der Waals surface area (Å²) in [5.74, 6) is 0.459. The molecule has 4 nitrogen and oxygen atoms in total. The smallest absolute Gasteiger partial charge is 0.354 e. The lowest BCUT2D eigenvalue weighted by atomic mass is 10.2. The van der Waals surface area contributed by atoms with Gasteiger partial charge >= 0.3 is 6.18 Å². The molecule has 2 rings (SSSR count). The van der Waals surface area contributed by atoms with E-state index >= 15 is 0 Å². The average molecular weight is 331 g/mol. The van der Waals surface area contributed by atoms with Crippen LogP contribution in [0.2, 0.25) is 5.02 Å². The van der Waals surface area contributed by atoms with Gasteiger partial charge in [-0.2, -0.15) is 13.2 Å². The molecule has 0 amide bonds. The lowest BCUT2D eigenvalue weighted by Gasteiger charge is -2.09. The van der Waals surface area contributed by atoms with Gasteiger partial charge in [0, 0.05) is 30.7 Å². The monoisotopic (exact) mass is 330 g/mol. The first-order valence-electron chi connectivity index (χ1n) is 6.71. The van der Waals surface area contributed by atoms with Crippen LogP contribution in [0.25, 0.3) is 11.3 Å². The minimum absolute atomic E-state index is 0.0925. The first-order chi connectivity index (χ1) is 10.4. The summed E-state index contributed by atoms with van der Waals surface area (Å²) in [5, 5.41) is 2.95. The molecular formula is C14H14ClF3N4. The largest absolute Gasteiger partial charge is 0.417 e. The van der Waals surface area contributed by atoms with Crippen molar-refractivity contribution >= 4 is 17.5 Å². The zero-order valence-corrected chi connectivity index (χ0v) is 12.5. The van der Waals surface area contributed by atoms with Crippen molar-refractivity contribution in [2.45, 2.75) is 25.9 Å². The quantitative estimate of drug-likeness (QED) is 0.824. The molecule has 22 heavy (non-hydrogen) atoms. The van der Waals surface area contributed by atoms with Crippen molar-refractivity contribution in [1.82, 2.24) is 15.0 Å². The van der Waals surface area contributed by atoms with E-state index < -0.39 is 11.7 Å². The Bertz CT molecular complexity index is 629. The Balaban J connectivity index is 2.18. The Morgan fingerprint density at radius 3 is 2.36 bits per heavy atom. The van der Waals surface area contributed by atoms with Crippen molar-refractivity contribution in [3.63, 3.8) is 0 Å². The van der Waals surface area contributed by atoms with Gasteiger partial charge in [0.1, 0.15) is 0 Å². The minimum Gasteiger partial charge on any atom is -0.354 e. The lowest BCUT2D eigenvalue weighted by molar-refractivity contribution is -0.137. The highest BCUT2D eigenvalue weighted by Crippen LogP contribution is 2.33. The maximum Gasteiger partial charge on any atom is 0.417 e. The van der Waals surface area contributed by atoms with E-state index in [2.05, 4.69) is 27.2 Å². The van der Waals surface area contributed by atoms with Crippen LogP contribution in [0.5, 0.6) is 0 Å². The average Bonchev–Trinajstić information content (AvgIpc) is 2.47. The van der Waals surface area contributed by atoms with Gasteiger partial charge in [0.15, 0.2) is 0 Å². The number of halogens is 4. The van der Waals surface area contributed by atoms with Gasteiger partial charge in [-0.15, -0.1) is 0 Å². The number of anilines is 1. The van der Waals surface area contributed by atoms with Gasteiger partial charge in [-0.05, 0) is 12.5 Å². The number of pyridine rings is 1. The molecule has 1 N–H and O–H groups in total. The predicted octanol–water partition coefficient (Wildman–Crippen LogP) is 4.42. The third kappa shape index (κ3) is 4.07. The first-order valence-corrected chi connectivity index (χ1v) is 7.08. The maximum atomic E-state index is 12.6. The highest BCUT2D eigenvalue weighted by Gasteiger charge is 2.31. The third-order valence-electron chi connectivity index (χ3n) is 2.91. The Labute approximate surface area is 130 Å². The molecule has 0 fully saturated rings. The topological polar surface area (TPSA) is 50.7 Å². The molecule has 0 radical (unpaired) electrons. The van der Waals surface area contributed by atoms with Gasteiger partial charge in [0.2, 0.25) is 5.95 Å². The van der Waals surface area contributed by atoms with E-state index in [1.54, 1.807) is 0 Å². The number of unbranched alkanes of at least 4 members (excludes halogenated alkanes) is 1. The summed E-state index contributed by atoms with van der Waals surface area (Å²) in [7, 11) is 0. The van der Waals surface area contributed by atoms with E-state index in [0.29, 0.717) is 11.5 Å². The Kier molecular flexibility index (Phi) is 5.18. The molecule has 0 saturated carbocycles. The number of hydrogen-bond acceptors (Lipinski definition) is 4. The fourth-order valence-corrected chi connectivity index (χ4v) is 2.00. The molecule has 0 aromatic carbocycles. The van der Waals surface area contributed by atoms with Crippen molar-refractivity contribution in [3.05, 3.63) is 35.2 Å². The van der Waals surface area contributed by atoms with Gasteiger partial charge in [-0.25, -0.2) is 9.97 Å². The van der Waals surface area contributed by atoms with E-state index in [4.69, 9.17) is 11.6 Å². The standard InChI is InChI=1S/C14H14ClF3N4/c1-2-3-4-19-13-21-6-9(7-22-13)12-11(15)5-10(8-20-12)14(16,17)18/h5-8H,2-4H2,1H3,(H,19,21,22). The molecule has 0 bridgehead atoms. The SMILES string of the molecule is CCCCNc1ncc(-c2ncc(C(F)(F)F)cc2Cl)cn1. The summed E-state index contributed by atoms with van der Waals surface area (Å²) in [6.07, 6.45) is 1.27. The highest BCUT2D eigenvalue weighted by molar-refractivity contribution is 6.33. The third-order valence-corrected chi connectivity index (χ3v) is 3.20. The fraction of sp³-hybridized carbons (Fsp3) is 0.357. The molecule has 0 aliphatic rings. The number of nitrogens with one attached hydrogen (secondary N) is 1. The van der Waals surface area contributed by atoms with E-state index in [-0.39, 0.29) is 10.7 Å². The van der Waals surface area contributed by atoms with Crippen LogP contribution in [0.1, 0.15) is 25.3 Å². The highest BCUT2D eigenvalue weighted by atomic mass is 35.5. The predicted molar refractivity (Wildman–Crippen MR) is 78.7 cm³/mol. The molecule has 2 aromatic rings. The molecule has 0 atom stereocenters. The van der Waals surface area contributed by atoms with Crippen molar-refractivity contribution in [2.24, 2.45) is 0 Å². The number of alkyl halides is 3. The van der Waals surface area contributed by atoms with E-state index in [1.165, 1.54) is 12.4 Å². The van der Waals surface area contributed by atoms with E-state index in [9.17, 15) is 13.2 Å². The van der Waals surface area contributed by atoms with Crippen molar-refractivity contribution in [3.8, 4) is 11.3 Å². The molecule has 2 aromatic heterocycles. The Morgan fingerprint density at radius 2 is 1.82 bits per heavy atom. The van der Waals surface area contributed by atoms with E-state index in [1.807, 2.05) is 0 Å². The number of nitrogens with zero attached hydrogens (tertiary/aromatic N) is 3. The van der Waals surface area contributed by atoms with Crippen LogP contribution < -0.4 is 5.32 Å². The molecule has 0 unspecified atom stereocenters. The Morgan fingerprint density at radius 1 is 1.14 bits per heavy atom. The minimum atomic E-state index is -4.47. The maximum absolute atomic E-state index is 12.6. The second-order valence-electron chi connectivity index (χ2n) is 4.63. The molecule has 2 heterocycles. The van der Waals surface area contributed by atoms with Gasteiger partial charge in [-0.1, -0.05) is 24.9 Å². The summed E-state index contributed by atoms with van der Waals surface area (Å²) in [6, 6.07) is 0.845. The van der Waals surface area contributed by atoms with Crippen molar-refractivity contribution in [1.29, 1.82) is 0 Å². The molecule has 118 valence electrons. The van der Waals surface area contributed by atoms with Crippen LogP contribution in [0, 0.1) is 0 Å². The van der Waals surface area contributed by atoms with Crippen LogP contribution in [0.3, 0.4) is 0 Å². The van der Waals surface area contributed by atoms with Crippen LogP contribution in [-0.2, 0) is 6.18 Å². The molecular weight excluding hydrogens is 317 g/mol. The summed E-state index contributed by atoms with van der Waals surface area (Å²) in [5.41, 5.74) is -0.213. The van der Waals surface area contributed by atoms with Crippen LogP contribution in [-0.4, -0.2) is 21.5 Å². The van der Waals surface area contributed by atoms with Crippen molar-refractivity contribution < 1.29 is 13.2 Å². The Hall–Kier alpha value is -1.89. The second-order valence-corrected chi connectivity index (χ2v) is 5.04. The molecule has 0 aliphatic carbocycles. The molecule has 0 spiro atoms. The summed E-state index contributed by atoms with van der Waals surface area (Å²) in [4.78, 5) is 12.0. The van der Waals surface area contributed by atoms with Crippen LogP contribution >= 0.6 is 11.6 Å². The normalized spacial score (nSPS) is 11.5. The molecule has 8 heteroatoms. The van der Waals surface area contributed by atoms with Crippen LogP contribution in [0.4, 0.5) is 19.1 Å². The fourth-order valence-electron chi connectivity index (χ4n) is 1.72. The summed E-state index contributed by atoms with van der Waals surface area (Å²) >= 11 is 5.88. The number of aromatic nitrogens is 3. The van der Waals surface area contributed by atoms with Crippen molar-refractivity contribution in [2.75, 3.05) is 11.9 Å².